The van der Waals surface area contributed by atoms with Gasteiger partial charge in [0, 0.05) is 38.9 Å². The van der Waals surface area contributed by atoms with Crippen molar-refractivity contribution in [2.75, 3.05) is 39.8 Å². The van der Waals surface area contributed by atoms with Crippen molar-refractivity contribution in [1.82, 2.24) is 29.7 Å². The molecule has 2 aromatic rings. The number of amides is 1. The fourth-order valence-electron chi connectivity index (χ4n) is 3.65. The highest BCUT2D eigenvalue weighted by Crippen LogP contribution is 2.32. The molecule has 1 atom stereocenters. The van der Waals surface area contributed by atoms with Crippen LogP contribution >= 0.6 is 0 Å². The number of carbonyl (C=O) groups excluding carboxylic acids is 1. The van der Waals surface area contributed by atoms with E-state index in [1.807, 2.05) is 29.7 Å². The van der Waals surface area contributed by atoms with Crippen molar-refractivity contribution in [3.8, 4) is 0 Å². The minimum Gasteiger partial charge on any atom is -0.352 e. The number of aromatic nitrogens is 3. The molecule has 1 amide bonds. The Kier molecular flexibility index (Phi) is 4.91. The van der Waals surface area contributed by atoms with E-state index < -0.39 is 0 Å². The number of nitrogens with one attached hydrogen (secondary N) is 1. The summed E-state index contributed by atoms with van der Waals surface area (Å²) >= 11 is 0. The Hall–Kier alpha value is -1.99. The van der Waals surface area contributed by atoms with Crippen molar-refractivity contribution in [2.24, 2.45) is 5.92 Å². The molecule has 0 radical (unpaired) electrons. The topological polar surface area (TPSA) is 65.8 Å². The number of hydrogen-bond acceptors (Lipinski definition) is 5. The molecular weight excluding hydrogens is 328 g/mol. The second-order valence-electron chi connectivity index (χ2n) is 7.66. The maximum absolute atomic E-state index is 12.3. The summed E-state index contributed by atoms with van der Waals surface area (Å²) in [4.78, 5) is 17.2. The van der Waals surface area contributed by atoms with Gasteiger partial charge in [0.25, 0.3) is 5.91 Å². The van der Waals surface area contributed by atoms with E-state index in [1.165, 1.54) is 19.4 Å². The molecule has 0 spiro atoms. The number of fused-ring (bicyclic) bond motifs is 1. The minimum atomic E-state index is -0.0410. The van der Waals surface area contributed by atoms with Gasteiger partial charge in [0.2, 0.25) is 0 Å². The summed E-state index contributed by atoms with van der Waals surface area (Å²) in [5.41, 5.74) is 1.44. The Labute approximate surface area is 154 Å². The minimum absolute atomic E-state index is 0.0410. The van der Waals surface area contributed by atoms with Gasteiger partial charge in [-0.25, -0.2) is 0 Å². The first-order chi connectivity index (χ1) is 12.7. The van der Waals surface area contributed by atoms with Gasteiger partial charge in [0.05, 0.1) is 11.6 Å². The summed E-state index contributed by atoms with van der Waals surface area (Å²) in [5.74, 6) is 1.77. The molecule has 0 aromatic carbocycles. The Bertz CT molecular complexity index is 783. The van der Waals surface area contributed by atoms with Gasteiger partial charge >= 0.3 is 0 Å². The number of piperazine rings is 1. The molecule has 0 unspecified atom stereocenters. The Morgan fingerprint density at radius 1 is 1.27 bits per heavy atom. The lowest BCUT2D eigenvalue weighted by molar-refractivity contribution is 0.0869. The molecule has 2 aliphatic rings. The summed E-state index contributed by atoms with van der Waals surface area (Å²) in [6, 6.07) is 3.90. The maximum Gasteiger partial charge on any atom is 0.252 e. The predicted molar refractivity (Wildman–Crippen MR) is 100 cm³/mol. The number of rotatable bonds is 6. The van der Waals surface area contributed by atoms with E-state index in [1.54, 1.807) is 0 Å². The fraction of sp³-hybridized carbons (Fsp3) is 0.632. The quantitative estimate of drug-likeness (QED) is 0.851. The molecular formula is C19H28N6O. The molecule has 3 heterocycles. The summed E-state index contributed by atoms with van der Waals surface area (Å²) in [5, 5.41) is 11.7. The summed E-state index contributed by atoms with van der Waals surface area (Å²) in [7, 11) is 2.15. The highest BCUT2D eigenvalue weighted by Gasteiger charge is 2.32. The van der Waals surface area contributed by atoms with Crippen LogP contribution in [0.2, 0.25) is 0 Å². The predicted octanol–water partition coefficient (Wildman–Crippen LogP) is 1.57. The van der Waals surface area contributed by atoms with E-state index in [9.17, 15) is 4.79 Å². The first kappa shape index (κ1) is 17.4. The summed E-state index contributed by atoms with van der Waals surface area (Å²) < 4.78 is 1.99. The summed E-state index contributed by atoms with van der Waals surface area (Å²) in [6.07, 6.45) is 5.56. The molecule has 140 valence electrons. The van der Waals surface area contributed by atoms with Crippen LogP contribution in [0.25, 0.3) is 5.65 Å². The number of nitrogens with zero attached hydrogens (tertiary/aromatic N) is 5. The standard InChI is InChI=1S/C19H28N6O/c1-3-8-20-19(26)15-6-7-17-21-22-18(25(17)12-15)16-13-24(10-9-23(16)2)11-14-4-5-14/h6-7,12,14,16H,3-5,8-11,13H2,1-2H3,(H,20,26)/t16-/m1/s1. The highest BCUT2D eigenvalue weighted by atomic mass is 16.1. The number of pyridine rings is 1. The van der Waals surface area contributed by atoms with Gasteiger partial charge in [-0.05, 0) is 44.4 Å². The molecule has 26 heavy (non-hydrogen) atoms. The van der Waals surface area contributed by atoms with Crippen LogP contribution in [0.5, 0.6) is 0 Å². The molecule has 1 N–H and O–H groups in total. The maximum atomic E-state index is 12.3. The Balaban J connectivity index is 1.59. The number of carbonyl (C=O) groups is 1. The van der Waals surface area contributed by atoms with Crippen LogP contribution in [0.4, 0.5) is 0 Å². The Morgan fingerprint density at radius 3 is 2.88 bits per heavy atom. The van der Waals surface area contributed by atoms with Crippen molar-refractivity contribution >= 4 is 11.6 Å². The van der Waals surface area contributed by atoms with Gasteiger partial charge in [-0.1, -0.05) is 6.92 Å². The van der Waals surface area contributed by atoms with Crippen LogP contribution in [-0.2, 0) is 0 Å². The lowest BCUT2D eigenvalue weighted by atomic mass is 10.1. The zero-order valence-electron chi connectivity index (χ0n) is 15.7. The molecule has 1 aliphatic carbocycles. The van der Waals surface area contributed by atoms with E-state index in [0.29, 0.717) is 12.1 Å². The second-order valence-corrected chi connectivity index (χ2v) is 7.66. The van der Waals surface area contributed by atoms with Crippen molar-refractivity contribution < 1.29 is 4.79 Å². The average molecular weight is 356 g/mol. The Morgan fingerprint density at radius 2 is 2.12 bits per heavy atom. The molecule has 1 saturated carbocycles. The van der Waals surface area contributed by atoms with Gasteiger partial charge in [-0.3, -0.25) is 19.0 Å². The lowest BCUT2D eigenvalue weighted by Crippen LogP contribution is -2.47. The molecule has 4 rings (SSSR count). The van der Waals surface area contributed by atoms with Gasteiger partial charge in [0.15, 0.2) is 11.5 Å². The van der Waals surface area contributed by atoms with Crippen LogP contribution in [0.3, 0.4) is 0 Å². The smallest absolute Gasteiger partial charge is 0.252 e. The summed E-state index contributed by atoms with van der Waals surface area (Å²) in [6.45, 7) is 7.06. The molecule has 2 fully saturated rings. The largest absolute Gasteiger partial charge is 0.352 e. The number of likely N-dealkylation sites (N-methyl/N-ethyl adjacent to an activating group) is 1. The van der Waals surface area contributed by atoms with Crippen LogP contribution in [0.1, 0.15) is 48.4 Å². The molecule has 7 nitrogen and oxygen atoms in total. The highest BCUT2D eigenvalue weighted by molar-refractivity contribution is 5.94. The third-order valence-electron chi connectivity index (χ3n) is 5.47. The van der Waals surface area contributed by atoms with E-state index >= 15 is 0 Å². The average Bonchev–Trinajstić information content (AvgIpc) is 3.37. The van der Waals surface area contributed by atoms with Crippen molar-refractivity contribution in [3.05, 3.63) is 29.7 Å². The van der Waals surface area contributed by atoms with Crippen molar-refractivity contribution in [3.63, 3.8) is 0 Å². The lowest BCUT2D eigenvalue weighted by Gasteiger charge is -2.38. The van der Waals surface area contributed by atoms with Gasteiger partial charge in [-0.15, -0.1) is 10.2 Å². The van der Waals surface area contributed by atoms with Crippen LogP contribution in [-0.4, -0.2) is 70.1 Å². The van der Waals surface area contributed by atoms with Crippen LogP contribution in [0.15, 0.2) is 18.3 Å². The van der Waals surface area contributed by atoms with Crippen LogP contribution in [0, 0.1) is 5.92 Å². The molecule has 1 saturated heterocycles. The van der Waals surface area contributed by atoms with E-state index in [2.05, 4.69) is 32.4 Å². The van der Waals surface area contributed by atoms with Gasteiger partial charge < -0.3 is 5.32 Å². The second kappa shape index (κ2) is 7.32. The third kappa shape index (κ3) is 3.59. The van der Waals surface area contributed by atoms with E-state index in [0.717, 1.165) is 43.4 Å². The molecule has 2 aromatic heterocycles. The van der Waals surface area contributed by atoms with Gasteiger partial charge in [-0.2, -0.15) is 0 Å². The van der Waals surface area contributed by atoms with Gasteiger partial charge in [0.1, 0.15) is 0 Å². The zero-order chi connectivity index (χ0) is 18.1. The SMILES string of the molecule is CCCNC(=O)c1ccc2nnc([C@H]3CN(CC4CC4)CCN3C)n2c1. The first-order valence-corrected chi connectivity index (χ1v) is 9.71. The molecule has 7 heteroatoms. The molecule has 1 aliphatic heterocycles. The normalized spacial score (nSPS) is 22.0. The third-order valence-corrected chi connectivity index (χ3v) is 5.47. The van der Waals surface area contributed by atoms with E-state index in [4.69, 9.17) is 0 Å². The van der Waals surface area contributed by atoms with Crippen LogP contribution < -0.4 is 5.32 Å². The van der Waals surface area contributed by atoms with Crippen molar-refractivity contribution in [2.45, 2.75) is 32.2 Å². The first-order valence-electron chi connectivity index (χ1n) is 9.71. The number of hydrogen-bond donors (Lipinski definition) is 1. The monoisotopic (exact) mass is 356 g/mol. The molecule has 0 bridgehead atoms. The van der Waals surface area contributed by atoms with Crippen molar-refractivity contribution in [1.29, 1.82) is 0 Å². The van der Waals surface area contributed by atoms with E-state index in [-0.39, 0.29) is 11.9 Å². The fourth-order valence-corrected chi connectivity index (χ4v) is 3.65. The zero-order valence-corrected chi connectivity index (χ0v) is 15.7.